The van der Waals surface area contributed by atoms with Crippen molar-refractivity contribution in [3.8, 4) is 5.75 Å². The van der Waals surface area contributed by atoms with Gasteiger partial charge in [-0.25, -0.2) is 0 Å². The van der Waals surface area contributed by atoms with Crippen molar-refractivity contribution in [3.05, 3.63) is 69.7 Å². The molecule has 0 fully saturated rings. The fraction of sp³-hybridized carbons (Fsp3) is 0.0588. The Kier molecular flexibility index (Phi) is 4.04. The summed E-state index contributed by atoms with van der Waals surface area (Å²) in [5.74, 6) is 0.297. The first kappa shape index (κ1) is 14.2. The van der Waals surface area contributed by atoms with Crippen molar-refractivity contribution in [2.24, 2.45) is 0 Å². The molecular formula is C17H13BrClNO. The largest absolute Gasteiger partial charge is 0.508 e. The molecule has 0 heterocycles. The van der Waals surface area contributed by atoms with Gasteiger partial charge in [-0.1, -0.05) is 41.9 Å². The Morgan fingerprint density at radius 2 is 1.86 bits per heavy atom. The highest BCUT2D eigenvalue weighted by molar-refractivity contribution is 9.10. The summed E-state index contributed by atoms with van der Waals surface area (Å²) in [7, 11) is 0. The van der Waals surface area contributed by atoms with Gasteiger partial charge >= 0.3 is 0 Å². The molecule has 0 amide bonds. The van der Waals surface area contributed by atoms with Gasteiger partial charge in [0.2, 0.25) is 0 Å². The van der Waals surface area contributed by atoms with Gasteiger partial charge in [0.25, 0.3) is 0 Å². The molecule has 0 saturated heterocycles. The molecule has 0 saturated carbocycles. The summed E-state index contributed by atoms with van der Waals surface area (Å²) in [6, 6.07) is 17.3. The molecule has 3 aromatic carbocycles. The van der Waals surface area contributed by atoms with Gasteiger partial charge in [-0.2, -0.15) is 0 Å². The zero-order chi connectivity index (χ0) is 14.8. The summed E-state index contributed by atoms with van der Waals surface area (Å²) in [5.41, 5.74) is 1.82. The molecule has 4 heteroatoms. The smallest absolute Gasteiger partial charge is 0.121 e. The third kappa shape index (κ3) is 2.99. The van der Waals surface area contributed by atoms with Crippen molar-refractivity contribution in [1.29, 1.82) is 0 Å². The molecule has 21 heavy (non-hydrogen) atoms. The Bertz CT molecular complexity index is 804. The maximum Gasteiger partial charge on any atom is 0.121 e. The van der Waals surface area contributed by atoms with Crippen LogP contribution >= 0.6 is 27.5 Å². The maximum absolute atomic E-state index is 10.1. The lowest BCUT2D eigenvalue weighted by molar-refractivity contribution is 0.470. The van der Waals surface area contributed by atoms with Crippen LogP contribution in [0.2, 0.25) is 5.02 Å². The predicted octanol–water partition coefficient (Wildman–Crippen LogP) is 5.57. The van der Waals surface area contributed by atoms with E-state index in [-0.39, 0.29) is 0 Å². The van der Waals surface area contributed by atoms with Crippen LogP contribution < -0.4 is 5.32 Å². The van der Waals surface area contributed by atoms with Gasteiger partial charge in [-0.05, 0) is 51.0 Å². The highest BCUT2D eigenvalue weighted by Gasteiger charge is 2.07. The highest BCUT2D eigenvalue weighted by Crippen LogP contribution is 2.30. The molecular weight excluding hydrogens is 350 g/mol. The van der Waals surface area contributed by atoms with E-state index in [4.69, 9.17) is 11.6 Å². The molecule has 106 valence electrons. The molecule has 0 atom stereocenters. The second kappa shape index (κ2) is 5.96. The molecule has 0 aliphatic rings. The van der Waals surface area contributed by atoms with E-state index in [1.807, 2.05) is 48.5 Å². The number of hydrogen-bond acceptors (Lipinski definition) is 2. The van der Waals surface area contributed by atoms with Crippen LogP contribution in [-0.4, -0.2) is 5.11 Å². The van der Waals surface area contributed by atoms with Gasteiger partial charge in [0.1, 0.15) is 5.75 Å². The molecule has 0 radical (unpaired) electrons. The van der Waals surface area contributed by atoms with Crippen molar-refractivity contribution < 1.29 is 5.11 Å². The first-order valence-corrected chi connectivity index (χ1v) is 7.71. The van der Waals surface area contributed by atoms with Gasteiger partial charge < -0.3 is 10.4 Å². The molecule has 2 N–H and O–H groups in total. The molecule has 0 aliphatic heterocycles. The van der Waals surface area contributed by atoms with Crippen LogP contribution in [0.15, 0.2) is 59.1 Å². The molecule has 0 spiro atoms. The third-order valence-corrected chi connectivity index (χ3v) is 4.29. The van der Waals surface area contributed by atoms with Crippen molar-refractivity contribution in [3.63, 3.8) is 0 Å². The Morgan fingerprint density at radius 1 is 1.05 bits per heavy atom. The summed E-state index contributed by atoms with van der Waals surface area (Å²) < 4.78 is 0.898. The average molecular weight is 363 g/mol. The first-order chi connectivity index (χ1) is 10.1. The minimum atomic E-state index is 0.297. The van der Waals surface area contributed by atoms with Gasteiger partial charge in [0, 0.05) is 27.3 Å². The molecule has 0 aliphatic carbocycles. The number of anilines is 1. The van der Waals surface area contributed by atoms with Crippen LogP contribution in [0.25, 0.3) is 10.8 Å². The number of benzene rings is 3. The quantitative estimate of drug-likeness (QED) is 0.638. The van der Waals surface area contributed by atoms with E-state index in [9.17, 15) is 5.11 Å². The van der Waals surface area contributed by atoms with Gasteiger partial charge in [-0.3, -0.25) is 0 Å². The van der Waals surface area contributed by atoms with Crippen LogP contribution in [0, 0.1) is 0 Å². The second-order valence-electron chi connectivity index (χ2n) is 4.76. The summed E-state index contributed by atoms with van der Waals surface area (Å²) in [4.78, 5) is 0. The van der Waals surface area contributed by atoms with Crippen molar-refractivity contribution in [2.45, 2.75) is 6.54 Å². The standard InChI is InChI=1S/C17H13BrClNO/c18-15-9-12(19)6-7-16(15)20-10-14-13-4-2-1-3-11(13)5-8-17(14)21/h1-9,20-21H,10H2. The van der Waals surface area contributed by atoms with E-state index in [0.717, 1.165) is 26.5 Å². The molecule has 0 bridgehead atoms. The van der Waals surface area contributed by atoms with E-state index < -0.39 is 0 Å². The molecule has 2 nitrogen and oxygen atoms in total. The zero-order valence-corrected chi connectivity index (χ0v) is 13.4. The fourth-order valence-electron chi connectivity index (χ4n) is 2.33. The summed E-state index contributed by atoms with van der Waals surface area (Å²) >= 11 is 9.42. The Labute approximate surface area is 136 Å². The number of aromatic hydroxyl groups is 1. The maximum atomic E-state index is 10.1. The summed E-state index contributed by atoms with van der Waals surface area (Å²) in [5, 5.41) is 16.3. The van der Waals surface area contributed by atoms with E-state index in [1.54, 1.807) is 6.07 Å². The van der Waals surface area contributed by atoms with Crippen molar-refractivity contribution in [2.75, 3.05) is 5.32 Å². The normalized spacial score (nSPS) is 10.8. The molecule has 3 aromatic rings. The molecule has 3 rings (SSSR count). The lowest BCUT2D eigenvalue weighted by Gasteiger charge is -2.12. The van der Waals surface area contributed by atoms with Crippen LogP contribution in [0.5, 0.6) is 5.75 Å². The van der Waals surface area contributed by atoms with Crippen molar-refractivity contribution >= 4 is 44.0 Å². The fourth-order valence-corrected chi connectivity index (χ4v) is 3.15. The summed E-state index contributed by atoms with van der Waals surface area (Å²) in [6.07, 6.45) is 0. The zero-order valence-electron chi connectivity index (χ0n) is 11.1. The Hall–Kier alpha value is -1.71. The second-order valence-corrected chi connectivity index (χ2v) is 6.05. The lowest BCUT2D eigenvalue weighted by atomic mass is 10.0. The number of nitrogens with one attached hydrogen (secondary N) is 1. The number of rotatable bonds is 3. The number of phenolic OH excluding ortho intramolecular Hbond substituents is 1. The Balaban J connectivity index is 1.93. The van der Waals surface area contributed by atoms with Crippen LogP contribution in [-0.2, 0) is 6.54 Å². The van der Waals surface area contributed by atoms with Crippen molar-refractivity contribution in [1.82, 2.24) is 0 Å². The van der Waals surface area contributed by atoms with E-state index in [0.29, 0.717) is 17.3 Å². The van der Waals surface area contributed by atoms with E-state index >= 15 is 0 Å². The number of phenols is 1. The minimum Gasteiger partial charge on any atom is -0.508 e. The van der Waals surface area contributed by atoms with Crippen LogP contribution in [0.4, 0.5) is 5.69 Å². The predicted molar refractivity (Wildman–Crippen MR) is 92.1 cm³/mol. The van der Waals surface area contributed by atoms with E-state index in [2.05, 4.69) is 21.2 Å². The highest BCUT2D eigenvalue weighted by atomic mass is 79.9. The lowest BCUT2D eigenvalue weighted by Crippen LogP contribution is -2.01. The number of hydrogen-bond donors (Lipinski definition) is 2. The number of halogens is 2. The molecule has 0 unspecified atom stereocenters. The monoisotopic (exact) mass is 361 g/mol. The number of fused-ring (bicyclic) bond motifs is 1. The van der Waals surface area contributed by atoms with Gasteiger partial charge in [0.15, 0.2) is 0 Å². The van der Waals surface area contributed by atoms with Gasteiger partial charge in [-0.15, -0.1) is 0 Å². The molecule has 0 aromatic heterocycles. The van der Waals surface area contributed by atoms with Crippen LogP contribution in [0.1, 0.15) is 5.56 Å². The SMILES string of the molecule is Oc1ccc2ccccc2c1CNc1ccc(Cl)cc1Br. The van der Waals surface area contributed by atoms with Crippen LogP contribution in [0.3, 0.4) is 0 Å². The Morgan fingerprint density at radius 3 is 2.67 bits per heavy atom. The summed E-state index contributed by atoms with van der Waals surface area (Å²) in [6.45, 7) is 0.535. The minimum absolute atomic E-state index is 0.297. The topological polar surface area (TPSA) is 32.3 Å². The average Bonchev–Trinajstić information content (AvgIpc) is 2.48. The first-order valence-electron chi connectivity index (χ1n) is 6.53. The van der Waals surface area contributed by atoms with Gasteiger partial charge in [0.05, 0.1) is 0 Å². The third-order valence-electron chi connectivity index (χ3n) is 3.40. The van der Waals surface area contributed by atoms with E-state index in [1.165, 1.54) is 0 Å².